The number of amides is 1. The molecule has 0 saturated carbocycles. The van der Waals surface area contributed by atoms with Crippen LogP contribution in [0.25, 0.3) is 0 Å². The van der Waals surface area contributed by atoms with Gasteiger partial charge in [0.2, 0.25) is 0 Å². The molecule has 0 aliphatic carbocycles. The Morgan fingerprint density at radius 2 is 2.17 bits per heavy atom. The number of esters is 1. The van der Waals surface area contributed by atoms with Crippen molar-refractivity contribution in [1.82, 2.24) is 4.90 Å². The second-order valence-corrected chi connectivity index (χ2v) is 6.28. The van der Waals surface area contributed by atoms with E-state index in [9.17, 15) is 19.7 Å². The molecule has 1 amide bonds. The van der Waals surface area contributed by atoms with Crippen LogP contribution in [-0.4, -0.2) is 35.4 Å². The summed E-state index contributed by atoms with van der Waals surface area (Å²) in [5, 5.41) is 12.8. The summed E-state index contributed by atoms with van der Waals surface area (Å²) < 4.78 is 4.86. The number of methoxy groups -OCH3 is 1. The minimum absolute atomic E-state index is 0.163. The zero-order chi connectivity index (χ0) is 17.3. The van der Waals surface area contributed by atoms with Gasteiger partial charge in [-0.15, -0.1) is 11.3 Å². The standard InChI is InChI=1S/C16H14N2O5S/c1-23-16(20)14-12-6-8-24-13(12)5-7-17(14)15(19)10-3-2-4-11(9-10)18(21)22/h2-4,6,8-9,14H,5,7H2,1H3. The van der Waals surface area contributed by atoms with Crippen molar-refractivity contribution in [2.75, 3.05) is 13.7 Å². The lowest BCUT2D eigenvalue weighted by atomic mass is 9.98. The third-order valence-corrected chi connectivity index (χ3v) is 4.95. The van der Waals surface area contributed by atoms with E-state index in [1.807, 2.05) is 11.4 Å². The van der Waals surface area contributed by atoms with E-state index < -0.39 is 22.8 Å². The molecule has 8 heteroatoms. The first-order valence-electron chi connectivity index (χ1n) is 7.22. The van der Waals surface area contributed by atoms with E-state index in [2.05, 4.69) is 0 Å². The minimum Gasteiger partial charge on any atom is -0.467 e. The Balaban J connectivity index is 1.98. The van der Waals surface area contributed by atoms with Crippen molar-refractivity contribution in [1.29, 1.82) is 0 Å². The van der Waals surface area contributed by atoms with Crippen LogP contribution in [0, 0.1) is 10.1 Å². The van der Waals surface area contributed by atoms with Crippen LogP contribution in [0.5, 0.6) is 0 Å². The highest BCUT2D eigenvalue weighted by atomic mass is 32.1. The maximum Gasteiger partial charge on any atom is 0.333 e. The van der Waals surface area contributed by atoms with E-state index in [1.165, 1.54) is 47.6 Å². The first-order valence-corrected chi connectivity index (χ1v) is 8.10. The fraction of sp³-hybridized carbons (Fsp3) is 0.250. The molecule has 124 valence electrons. The van der Waals surface area contributed by atoms with Crippen LogP contribution in [0.2, 0.25) is 0 Å². The van der Waals surface area contributed by atoms with Crippen LogP contribution >= 0.6 is 11.3 Å². The SMILES string of the molecule is COC(=O)C1c2ccsc2CCN1C(=O)c1cccc([N+](=O)[O-])c1. The van der Waals surface area contributed by atoms with Crippen molar-refractivity contribution in [2.45, 2.75) is 12.5 Å². The molecular weight excluding hydrogens is 332 g/mol. The van der Waals surface area contributed by atoms with Crippen LogP contribution in [0.15, 0.2) is 35.7 Å². The Morgan fingerprint density at radius 3 is 2.88 bits per heavy atom. The number of hydrogen-bond donors (Lipinski definition) is 0. The zero-order valence-electron chi connectivity index (χ0n) is 12.8. The van der Waals surface area contributed by atoms with Gasteiger partial charge in [-0.3, -0.25) is 14.9 Å². The Kier molecular flexibility index (Phi) is 4.30. The summed E-state index contributed by atoms with van der Waals surface area (Å²) in [4.78, 5) is 37.9. The molecule has 1 unspecified atom stereocenters. The predicted octanol–water partition coefficient (Wildman–Crippen LogP) is 2.57. The highest BCUT2D eigenvalue weighted by Crippen LogP contribution is 2.35. The summed E-state index contributed by atoms with van der Waals surface area (Å²) in [5.74, 6) is -0.945. The largest absolute Gasteiger partial charge is 0.467 e. The number of thiophene rings is 1. The van der Waals surface area contributed by atoms with E-state index in [1.54, 1.807) is 0 Å². The Hall–Kier alpha value is -2.74. The van der Waals surface area contributed by atoms with Gasteiger partial charge in [0.15, 0.2) is 6.04 Å². The molecule has 1 aromatic carbocycles. The zero-order valence-corrected chi connectivity index (χ0v) is 13.6. The van der Waals surface area contributed by atoms with E-state index in [0.717, 1.165) is 10.4 Å². The maximum absolute atomic E-state index is 12.8. The number of ether oxygens (including phenoxy) is 1. The molecule has 1 atom stereocenters. The van der Waals surface area contributed by atoms with Gasteiger partial charge < -0.3 is 9.64 Å². The molecule has 0 radical (unpaired) electrons. The molecule has 3 rings (SSSR count). The fourth-order valence-corrected chi connectivity index (χ4v) is 3.72. The first-order chi connectivity index (χ1) is 11.5. The van der Waals surface area contributed by atoms with Crippen molar-refractivity contribution in [3.05, 3.63) is 61.8 Å². The lowest BCUT2D eigenvalue weighted by molar-refractivity contribution is -0.384. The van der Waals surface area contributed by atoms with E-state index >= 15 is 0 Å². The summed E-state index contributed by atoms with van der Waals surface area (Å²) >= 11 is 1.54. The number of carbonyl (C=O) groups is 2. The molecule has 0 bridgehead atoms. The summed E-state index contributed by atoms with van der Waals surface area (Å²) in [5.41, 5.74) is 0.775. The van der Waals surface area contributed by atoms with Crippen molar-refractivity contribution in [3.8, 4) is 0 Å². The molecule has 2 aromatic rings. The van der Waals surface area contributed by atoms with Gasteiger partial charge in [0.1, 0.15) is 0 Å². The molecule has 1 aliphatic heterocycles. The molecule has 1 aliphatic rings. The topological polar surface area (TPSA) is 89.8 Å². The quantitative estimate of drug-likeness (QED) is 0.484. The van der Waals surface area contributed by atoms with Gasteiger partial charge in [-0.1, -0.05) is 6.07 Å². The molecule has 0 spiro atoms. The van der Waals surface area contributed by atoms with Gasteiger partial charge in [0.05, 0.1) is 12.0 Å². The van der Waals surface area contributed by atoms with Crippen LogP contribution in [0.4, 0.5) is 5.69 Å². The number of nitrogens with zero attached hydrogens (tertiary/aromatic N) is 2. The van der Waals surface area contributed by atoms with Gasteiger partial charge in [0, 0.05) is 29.1 Å². The number of rotatable bonds is 3. The Morgan fingerprint density at radius 1 is 1.38 bits per heavy atom. The number of fused-ring (bicyclic) bond motifs is 1. The number of carbonyl (C=O) groups excluding carboxylic acids is 2. The molecular formula is C16H14N2O5S. The number of benzene rings is 1. The van der Waals surface area contributed by atoms with Crippen molar-refractivity contribution < 1.29 is 19.2 Å². The molecule has 1 aromatic heterocycles. The van der Waals surface area contributed by atoms with Gasteiger partial charge in [-0.2, -0.15) is 0 Å². The number of nitro benzene ring substituents is 1. The van der Waals surface area contributed by atoms with Crippen molar-refractivity contribution in [3.63, 3.8) is 0 Å². The number of non-ortho nitro benzene ring substituents is 1. The molecule has 2 heterocycles. The van der Waals surface area contributed by atoms with E-state index in [4.69, 9.17) is 4.74 Å². The second kappa shape index (κ2) is 6.40. The molecule has 0 fully saturated rings. The Bertz CT molecular complexity index is 816. The summed E-state index contributed by atoms with van der Waals surface area (Å²) in [7, 11) is 1.28. The van der Waals surface area contributed by atoms with E-state index in [-0.39, 0.29) is 11.3 Å². The molecule has 0 N–H and O–H groups in total. The lowest BCUT2D eigenvalue weighted by Gasteiger charge is -2.34. The van der Waals surface area contributed by atoms with Crippen LogP contribution < -0.4 is 0 Å². The van der Waals surface area contributed by atoms with Crippen molar-refractivity contribution in [2.24, 2.45) is 0 Å². The predicted molar refractivity (Wildman–Crippen MR) is 86.9 cm³/mol. The first kappa shape index (κ1) is 16.1. The third kappa shape index (κ3) is 2.76. The van der Waals surface area contributed by atoms with Crippen LogP contribution in [0.1, 0.15) is 26.8 Å². The second-order valence-electron chi connectivity index (χ2n) is 5.28. The van der Waals surface area contributed by atoms with Gasteiger partial charge in [0.25, 0.3) is 11.6 Å². The number of hydrogen-bond acceptors (Lipinski definition) is 6. The number of nitro groups is 1. The van der Waals surface area contributed by atoms with Gasteiger partial charge >= 0.3 is 5.97 Å². The van der Waals surface area contributed by atoms with Gasteiger partial charge in [-0.25, -0.2) is 4.79 Å². The summed E-state index contributed by atoms with van der Waals surface area (Å²) in [6, 6.07) is 6.50. The maximum atomic E-state index is 12.8. The molecule has 24 heavy (non-hydrogen) atoms. The van der Waals surface area contributed by atoms with Crippen molar-refractivity contribution >= 4 is 28.9 Å². The molecule has 7 nitrogen and oxygen atoms in total. The fourth-order valence-electron chi connectivity index (χ4n) is 2.82. The monoisotopic (exact) mass is 346 g/mol. The van der Waals surface area contributed by atoms with Crippen LogP contribution in [0.3, 0.4) is 0 Å². The van der Waals surface area contributed by atoms with Gasteiger partial charge in [-0.05, 0) is 29.5 Å². The highest BCUT2D eigenvalue weighted by molar-refractivity contribution is 7.10. The summed E-state index contributed by atoms with van der Waals surface area (Å²) in [6.45, 7) is 0.356. The average Bonchev–Trinajstić information content (AvgIpc) is 3.08. The summed E-state index contributed by atoms with van der Waals surface area (Å²) in [6.07, 6.45) is 0.640. The molecule has 0 saturated heterocycles. The average molecular weight is 346 g/mol. The highest BCUT2D eigenvalue weighted by Gasteiger charge is 2.37. The smallest absolute Gasteiger partial charge is 0.333 e. The lowest BCUT2D eigenvalue weighted by Crippen LogP contribution is -2.43. The van der Waals surface area contributed by atoms with E-state index in [0.29, 0.717) is 13.0 Å². The van der Waals surface area contributed by atoms with Crippen LogP contribution in [-0.2, 0) is 16.0 Å². The third-order valence-electron chi connectivity index (χ3n) is 3.96. The Labute approximate surface area is 141 Å². The minimum atomic E-state index is -0.822. The normalized spacial score (nSPS) is 16.4.